The van der Waals surface area contributed by atoms with Crippen LogP contribution < -0.4 is 10.6 Å². The number of hydrogen-bond acceptors (Lipinski definition) is 3. The second-order valence-corrected chi connectivity index (χ2v) is 6.89. The summed E-state index contributed by atoms with van der Waals surface area (Å²) in [6.07, 6.45) is -1.31. The van der Waals surface area contributed by atoms with Crippen LogP contribution in [0.15, 0.2) is 24.3 Å². The van der Waals surface area contributed by atoms with Crippen LogP contribution in [0.2, 0.25) is 0 Å². The molecule has 25 heavy (non-hydrogen) atoms. The van der Waals surface area contributed by atoms with Crippen molar-refractivity contribution in [3.63, 3.8) is 0 Å². The fraction of sp³-hybridized carbons (Fsp3) is 0.611. The summed E-state index contributed by atoms with van der Waals surface area (Å²) in [6, 6.07) is 5.22. The van der Waals surface area contributed by atoms with Gasteiger partial charge >= 0.3 is 6.18 Å². The maximum absolute atomic E-state index is 12.7. The Morgan fingerprint density at radius 1 is 1.08 bits per heavy atom. The third-order valence-electron chi connectivity index (χ3n) is 5.43. The zero-order valence-corrected chi connectivity index (χ0v) is 14.1. The summed E-state index contributed by atoms with van der Waals surface area (Å²) in [5.41, 5.74) is 5.90. The molecule has 2 atom stereocenters. The highest BCUT2D eigenvalue weighted by Gasteiger charge is 2.36. The van der Waals surface area contributed by atoms with E-state index in [-0.39, 0.29) is 11.8 Å². The number of benzene rings is 1. The lowest BCUT2D eigenvalue weighted by Crippen LogP contribution is -2.51. The predicted octanol–water partition coefficient (Wildman–Crippen LogP) is 2.73. The van der Waals surface area contributed by atoms with Crippen molar-refractivity contribution < 1.29 is 18.0 Å². The predicted molar refractivity (Wildman–Crippen MR) is 90.1 cm³/mol. The third kappa shape index (κ3) is 3.92. The smallest absolute Gasteiger partial charge is 0.368 e. The summed E-state index contributed by atoms with van der Waals surface area (Å²) in [7, 11) is 0. The highest BCUT2D eigenvalue weighted by Crippen LogP contribution is 2.33. The van der Waals surface area contributed by atoms with Gasteiger partial charge in [0, 0.05) is 37.8 Å². The van der Waals surface area contributed by atoms with E-state index in [1.165, 1.54) is 12.1 Å². The molecular weight excluding hydrogens is 331 g/mol. The Kier molecular flexibility index (Phi) is 5.22. The number of piperazine rings is 1. The van der Waals surface area contributed by atoms with Gasteiger partial charge in [-0.1, -0.05) is 6.42 Å². The number of amides is 1. The van der Waals surface area contributed by atoms with Gasteiger partial charge in [-0.3, -0.25) is 4.79 Å². The number of nitrogens with two attached hydrogens (primary N) is 1. The van der Waals surface area contributed by atoms with Crippen LogP contribution in [0.4, 0.5) is 18.9 Å². The molecule has 0 unspecified atom stereocenters. The van der Waals surface area contributed by atoms with Gasteiger partial charge in [-0.25, -0.2) is 0 Å². The molecule has 0 spiro atoms. The van der Waals surface area contributed by atoms with Gasteiger partial charge in [0.25, 0.3) is 0 Å². The first-order chi connectivity index (χ1) is 11.9. The summed E-state index contributed by atoms with van der Waals surface area (Å²) in [6.45, 7) is 3.04. The van der Waals surface area contributed by atoms with E-state index >= 15 is 0 Å². The number of hydrogen-bond donors (Lipinski definition) is 1. The van der Waals surface area contributed by atoms with Crippen molar-refractivity contribution in [1.82, 2.24) is 4.90 Å². The summed E-state index contributed by atoms with van der Waals surface area (Å²) in [5, 5.41) is 0. The van der Waals surface area contributed by atoms with E-state index in [1.54, 1.807) is 0 Å². The minimum absolute atomic E-state index is 0.0441. The number of carbonyl (C=O) groups excluding carboxylic acids is 1. The van der Waals surface area contributed by atoms with Gasteiger partial charge in [0.15, 0.2) is 0 Å². The van der Waals surface area contributed by atoms with Crippen LogP contribution in [0.1, 0.15) is 24.8 Å². The van der Waals surface area contributed by atoms with Gasteiger partial charge in [0.2, 0.25) is 5.91 Å². The first-order valence-electron chi connectivity index (χ1n) is 8.81. The van der Waals surface area contributed by atoms with Gasteiger partial charge in [0.1, 0.15) is 0 Å². The molecule has 1 saturated heterocycles. The number of anilines is 1. The third-order valence-corrected chi connectivity index (χ3v) is 5.43. The molecule has 2 N–H and O–H groups in total. The molecule has 1 aromatic carbocycles. The first kappa shape index (κ1) is 18.0. The first-order valence-corrected chi connectivity index (χ1v) is 8.81. The molecule has 0 radical (unpaired) electrons. The molecular formula is C18H24F3N3O. The van der Waals surface area contributed by atoms with Crippen LogP contribution in [0, 0.1) is 11.8 Å². The molecule has 138 valence electrons. The van der Waals surface area contributed by atoms with Crippen LogP contribution in [0.5, 0.6) is 0 Å². The number of nitrogens with zero attached hydrogens (tertiary/aromatic N) is 2. The average molecular weight is 355 g/mol. The van der Waals surface area contributed by atoms with E-state index in [0.29, 0.717) is 38.6 Å². The van der Waals surface area contributed by atoms with Crippen molar-refractivity contribution in [2.24, 2.45) is 17.6 Å². The normalized spacial score (nSPS) is 24.6. The van der Waals surface area contributed by atoms with Gasteiger partial charge in [-0.05, 0) is 49.6 Å². The summed E-state index contributed by atoms with van der Waals surface area (Å²) < 4.78 is 37.9. The van der Waals surface area contributed by atoms with Crippen LogP contribution in [-0.2, 0) is 11.0 Å². The molecule has 1 aliphatic heterocycles. The summed E-state index contributed by atoms with van der Waals surface area (Å²) in [5.74, 6) is 0.531. The van der Waals surface area contributed by atoms with E-state index in [2.05, 4.69) is 0 Å². The lowest BCUT2D eigenvalue weighted by Gasteiger charge is -2.38. The van der Waals surface area contributed by atoms with Crippen molar-refractivity contribution in [3.8, 4) is 0 Å². The monoisotopic (exact) mass is 355 g/mol. The maximum atomic E-state index is 12.7. The molecule has 1 aliphatic carbocycles. The second kappa shape index (κ2) is 7.23. The topological polar surface area (TPSA) is 49.6 Å². The minimum atomic E-state index is -4.32. The van der Waals surface area contributed by atoms with Gasteiger partial charge < -0.3 is 15.5 Å². The van der Waals surface area contributed by atoms with E-state index in [9.17, 15) is 18.0 Å². The molecule has 1 saturated carbocycles. The Labute approximate surface area is 145 Å². The molecule has 1 aromatic rings. The zero-order valence-electron chi connectivity index (χ0n) is 14.1. The molecule has 7 heteroatoms. The standard InChI is InChI=1S/C18H24F3N3O/c19-18(20,21)14-4-6-15(7-5-14)23-8-10-24(11-9-23)17(25)16-3-1-2-13(16)12-22/h4-7,13,16H,1-3,8-12,22H2/t13-,16-/m1/s1. The molecule has 2 fully saturated rings. The van der Waals surface area contributed by atoms with E-state index in [0.717, 1.165) is 37.1 Å². The fourth-order valence-electron chi connectivity index (χ4n) is 3.92. The van der Waals surface area contributed by atoms with Crippen LogP contribution in [-0.4, -0.2) is 43.5 Å². The molecule has 0 bridgehead atoms. The Balaban J connectivity index is 1.57. The lowest BCUT2D eigenvalue weighted by atomic mass is 9.94. The summed E-state index contributed by atoms with van der Waals surface area (Å²) in [4.78, 5) is 16.6. The molecule has 4 nitrogen and oxygen atoms in total. The van der Waals surface area contributed by atoms with E-state index < -0.39 is 11.7 Å². The fourth-order valence-corrected chi connectivity index (χ4v) is 3.92. The second-order valence-electron chi connectivity index (χ2n) is 6.89. The number of alkyl halides is 3. The molecule has 1 heterocycles. The summed E-state index contributed by atoms with van der Waals surface area (Å²) >= 11 is 0. The highest BCUT2D eigenvalue weighted by molar-refractivity contribution is 5.79. The van der Waals surface area contributed by atoms with Crippen molar-refractivity contribution in [2.45, 2.75) is 25.4 Å². The highest BCUT2D eigenvalue weighted by atomic mass is 19.4. The van der Waals surface area contributed by atoms with Crippen molar-refractivity contribution in [3.05, 3.63) is 29.8 Å². The Morgan fingerprint density at radius 3 is 2.28 bits per heavy atom. The Bertz CT molecular complexity index is 595. The van der Waals surface area contributed by atoms with Gasteiger partial charge in [0.05, 0.1) is 5.56 Å². The van der Waals surface area contributed by atoms with Crippen LogP contribution >= 0.6 is 0 Å². The Hall–Kier alpha value is -1.76. The molecule has 2 aliphatic rings. The quantitative estimate of drug-likeness (QED) is 0.907. The Morgan fingerprint density at radius 2 is 1.72 bits per heavy atom. The minimum Gasteiger partial charge on any atom is -0.368 e. The molecule has 3 rings (SSSR count). The van der Waals surface area contributed by atoms with Crippen LogP contribution in [0.3, 0.4) is 0 Å². The maximum Gasteiger partial charge on any atom is 0.416 e. The van der Waals surface area contributed by atoms with Gasteiger partial charge in [-0.2, -0.15) is 13.2 Å². The van der Waals surface area contributed by atoms with Gasteiger partial charge in [-0.15, -0.1) is 0 Å². The van der Waals surface area contributed by atoms with E-state index in [4.69, 9.17) is 5.73 Å². The average Bonchev–Trinajstić information content (AvgIpc) is 3.09. The number of rotatable bonds is 3. The zero-order chi connectivity index (χ0) is 18.0. The molecule has 1 amide bonds. The SMILES string of the molecule is NC[C@H]1CCC[C@H]1C(=O)N1CCN(c2ccc(C(F)(F)F)cc2)CC1. The van der Waals surface area contributed by atoms with Crippen molar-refractivity contribution in [2.75, 3.05) is 37.6 Å². The van der Waals surface area contributed by atoms with Crippen molar-refractivity contribution in [1.29, 1.82) is 0 Å². The molecule has 0 aromatic heterocycles. The lowest BCUT2D eigenvalue weighted by molar-refractivity contribution is -0.138. The number of carbonyl (C=O) groups is 1. The van der Waals surface area contributed by atoms with Crippen molar-refractivity contribution >= 4 is 11.6 Å². The van der Waals surface area contributed by atoms with Crippen LogP contribution in [0.25, 0.3) is 0 Å². The van der Waals surface area contributed by atoms with E-state index in [1.807, 2.05) is 9.80 Å². The number of halogens is 3. The largest absolute Gasteiger partial charge is 0.416 e.